The van der Waals surface area contributed by atoms with E-state index in [1.165, 1.54) is 0 Å². The first-order valence-corrected chi connectivity index (χ1v) is 10.1. The number of likely N-dealkylation sites (N-methyl/N-ethyl adjacent to an activating group) is 1. The molecule has 2 aliphatic rings. The average Bonchev–Trinajstić information content (AvgIpc) is 3.10. The van der Waals surface area contributed by atoms with Crippen LogP contribution in [0.5, 0.6) is 0 Å². The van der Waals surface area contributed by atoms with E-state index >= 15 is 0 Å². The molecule has 1 saturated heterocycles. The first kappa shape index (κ1) is 17.8. The molecule has 1 saturated carbocycles. The third-order valence-corrected chi connectivity index (χ3v) is 6.67. The maximum Gasteiger partial charge on any atom is 0.222 e. The standard InChI is InChI=1S/C16H27N3O4S/c1-13-8-15(23-17-13)11-24(20,21)19-12-16(6-4-5-7-16)22-10-14(19)9-18(2)3/h8,14H,4-7,9-12H2,1-3H3. The molecule has 2 fully saturated rings. The zero-order valence-corrected chi connectivity index (χ0v) is 15.5. The average molecular weight is 357 g/mol. The van der Waals surface area contributed by atoms with E-state index in [1.54, 1.807) is 17.3 Å². The molecule has 136 valence electrons. The number of ether oxygens (including phenoxy) is 1. The van der Waals surface area contributed by atoms with Crippen LogP contribution >= 0.6 is 0 Å². The van der Waals surface area contributed by atoms with Crippen LogP contribution < -0.4 is 0 Å². The van der Waals surface area contributed by atoms with Gasteiger partial charge in [-0.05, 0) is 33.9 Å². The Hall–Kier alpha value is -0.960. The third kappa shape index (κ3) is 3.82. The smallest absolute Gasteiger partial charge is 0.222 e. The van der Waals surface area contributed by atoms with Crippen LogP contribution in [-0.2, 0) is 20.5 Å². The summed E-state index contributed by atoms with van der Waals surface area (Å²) < 4.78 is 39.1. The van der Waals surface area contributed by atoms with Gasteiger partial charge in [-0.15, -0.1) is 0 Å². The molecule has 1 aliphatic carbocycles. The van der Waals surface area contributed by atoms with E-state index in [0.717, 1.165) is 25.7 Å². The van der Waals surface area contributed by atoms with Gasteiger partial charge in [0.05, 0.1) is 23.9 Å². The summed E-state index contributed by atoms with van der Waals surface area (Å²) in [6, 6.07) is 1.52. The zero-order chi connectivity index (χ0) is 17.4. The lowest BCUT2D eigenvalue weighted by molar-refractivity contribution is -0.109. The molecule has 1 aliphatic heterocycles. The molecule has 8 heteroatoms. The highest BCUT2D eigenvalue weighted by atomic mass is 32.2. The van der Waals surface area contributed by atoms with Crippen molar-refractivity contribution < 1.29 is 17.7 Å². The Balaban J connectivity index is 1.83. The van der Waals surface area contributed by atoms with Crippen molar-refractivity contribution in [1.82, 2.24) is 14.4 Å². The maximum absolute atomic E-state index is 13.1. The molecule has 0 amide bonds. The van der Waals surface area contributed by atoms with E-state index in [1.807, 2.05) is 19.0 Å². The van der Waals surface area contributed by atoms with Crippen LogP contribution in [0.2, 0.25) is 0 Å². The van der Waals surface area contributed by atoms with Gasteiger partial charge in [-0.3, -0.25) is 0 Å². The van der Waals surface area contributed by atoms with Crippen molar-refractivity contribution in [3.63, 3.8) is 0 Å². The first-order chi connectivity index (χ1) is 11.3. The number of morpholine rings is 1. The second-order valence-electron chi connectivity index (χ2n) is 7.35. The molecule has 1 atom stereocenters. The third-order valence-electron chi connectivity index (χ3n) is 4.88. The number of rotatable bonds is 5. The van der Waals surface area contributed by atoms with Crippen molar-refractivity contribution in [1.29, 1.82) is 0 Å². The van der Waals surface area contributed by atoms with E-state index in [-0.39, 0.29) is 17.4 Å². The second kappa shape index (κ2) is 6.74. The SMILES string of the molecule is Cc1cc(CS(=O)(=O)N2CC3(CCCC3)OCC2CN(C)C)on1. The lowest BCUT2D eigenvalue weighted by Gasteiger charge is -2.45. The van der Waals surface area contributed by atoms with Crippen molar-refractivity contribution in [2.45, 2.75) is 50.0 Å². The molecular weight excluding hydrogens is 330 g/mol. The van der Waals surface area contributed by atoms with E-state index in [4.69, 9.17) is 9.26 Å². The van der Waals surface area contributed by atoms with Crippen LogP contribution in [0, 0.1) is 6.92 Å². The molecule has 0 aromatic carbocycles. The van der Waals surface area contributed by atoms with E-state index < -0.39 is 10.0 Å². The van der Waals surface area contributed by atoms with Crippen LogP contribution in [0.1, 0.15) is 37.1 Å². The van der Waals surface area contributed by atoms with Crippen LogP contribution in [0.4, 0.5) is 0 Å². The number of hydrogen-bond donors (Lipinski definition) is 0. The number of nitrogens with zero attached hydrogens (tertiary/aromatic N) is 3. The van der Waals surface area contributed by atoms with Gasteiger partial charge in [0.2, 0.25) is 10.0 Å². The summed E-state index contributed by atoms with van der Waals surface area (Å²) in [5, 5.41) is 3.79. The summed E-state index contributed by atoms with van der Waals surface area (Å²) in [5.74, 6) is 0.247. The molecule has 0 N–H and O–H groups in total. The van der Waals surface area contributed by atoms with E-state index in [0.29, 0.717) is 31.2 Å². The van der Waals surface area contributed by atoms with Crippen molar-refractivity contribution in [3.8, 4) is 0 Å². The number of aromatic nitrogens is 1. The predicted octanol–water partition coefficient (Wildman–Crippen LogP) is 1.39. The fraction of sp³-hybridized carbons (Fsp3) is 0.812. The molecule has 1 aromatic heterocycles. The van der Waals surface area contributed by atoms with Gasteiger partial charge in [0, 0.05) is 19.2 Å². The Labute approximate surface area is 144 Å². The lowest BCUT2D eigenvalue weighted by atomic mass is 9.99. The van der Waals surface area contributed by atoms with E-state index in [9.17, 15) is 8.42 Å². The highest BCUT2D eigenvalue weighted by molar-refractivity contribution is 7.88. The molecule has 1 spiro atoms. The minimum Gasteiger partial charge on any atom is -0.372 e. The van der Waals surface area contributed by atoms with Crippen LogP contribution in [0.25, 0.3) is 0 Å². The summed E-state index contributed by atoms with van der Waals surface area (Å²) in [4.78, 5) is 2.00. The molecule has 0 radical (unpaired) electrons. The van der Waals surface area contributed by atoms with Gasteiger partial charge in [0.1, 0.15) is 5.75 Å². The zero-order valence-electron chi connectivity index (χ0n) is 14.7. The number of hydrogen-bond acceptors (Lipinski definition) is 6. The summed E-state index contributed by atoms with van der Waals surface area (Å²) >= 11 is 0. The lowest BCUT2D eigenvalue weighted by Crippen LogP contribution is -2.59. The molecule has 1 unspecified atom stereocenters. The highest BCUT2D eigenvalue weighted by Crippen LogP contribution is 2.38. The van der Waals surface area contributed by atoms with Gasteiger partial charge in [0.15, 0.2) is 5.76 Å². The monoisotopic (exact) mass is 357 g/mol. The van der Waals surface area contributed by atoms with Crippen molar-refractivity contribution in [2.24, 2.45) is 0 Å². The summed E-state index contributed by atoms with van der Waals surface area (Å²) in [6.45, 7) is 3.33. The Morgan fingerprint density at radius 3 is 2.67 bits per heavy atom. The van der Waals surface area contributed by atoms with Gasteiger partial charge >= 0.3 is 0 Å². The fourth-order valence-corrected chi connectivity index (χ4v) is 5.45. The highest BCUT2D eigenvalue weighted by Gasteiger charge is 2.46. The summed E-state index contributed by atoms with van der Waals surface area (Å²) in [7, 11) is 0.410. The van der Waals surface area contributed by atoms with Gasteiger partial charge in [-0.2, -0.15) is 4.31 Å². The Bertz CT molecular complexity index is 665. The molecule has 3 rings (SSSR count). The summed E-state index contributed by atoms with van der Waals surface area (Å²) in [5.41, 5.74) is 0.395. The van der Waals surface area contributed by atoms with Crippen LogP contribution in [0.15, 0.2) is 10.6 Å². The van der Waals surface area contributed by atoms with Gasteiger partial charge in [0.25, 0.3) is 0 Å². The van der Waals surface area contributed by atoms with Crippen LogP contribution in [-0.4, -0.2) is 68.2 Å². The number of aryl methyl sites for hydroxylation is 1. The summed E-state index contributed by atoms with van der Waals surface area (Å²) in [6.07, 6.45) is 4.09. The minimum atomic E-state index is -3.49. The largest absolute Gasteiger partial charge is 0.372 e. The van der Waals surface area contributed by atoms with Gasteiger partial charge < -0.3 is 14.2 Å². The van der Waals surface area contributed by atoms with Gasteiger partial charge in [-0.25, -0.2) is 8.42 Å². The molecule has 1 aromatic rings. The Morgan fingerprint density at radius 1 is 1.38 bits per heavy atom. The van der Waals surface area contributed by atoms with Crippen LogP contribution in [0.3, 0.4) is 0 Å². The number of sulfonamides is 1. The molecule has 2 heterocycles. The topological polar surface area (TPSA) is 75.9 Å². The second-order valence-corrected chi connectivity index (χ2v) is 9.27. The molecule has 0 bridgehead atoms. The Kier molecular flexibility index (Phi) is 5.01. The first-order valence-electron chi connectivity index (χ1n) is 8.50. The Morgan fingerprint density at radius 2 is 2.08 bits per heavy atom. The molecule has 7 nitrogen and oxygen atoms in total. The maximum atomic E-state index is 13.1. The predicted molar refractivity (Wildman–Crippen MR) is 90.1 cm³/mol. The minimum absolute atomic E-state index is 0.145. The quantitative estimate of drug-likeness (QED) is 0.793. The van der Waals surface area contributed by atoms with Gasteiger partial charge in [-0.1, -0.05) is 18.0 Å². The van der Waals surface area contributed by atoms with Crippen molar-refractivity contribution >= 4 is 10.0 Å². The van der Waals surface area contributed by atoms with Crippen molar-refractivity contribution in [2.75, 3.05) is 33.8 Å². The van der Waals surface area contributed by atoms with Crippen molar-refractivity contribution in [3.05, 3.63) is 17.5 Å². The van der Waals surface area contributed by atoms with E-state index in [2.05, 4.69) is 5.16 Å². The molecular formula is C16H27N3O4S. The molecule has 24 heavy (non-hydrogen) atoms. The fourth-order valence-electron chi connectivity index (χ4n) is 3.77. The normalized spacial score (nSPS) is 24.9.